The first kappa shape index (κ1) is 37.3. The number of aliphatic hydroxyl groups excluding tert-OH is 1. The molecule has 270 valence electrons. The van der Waals surface area contributed by atoms with Crippen LogP contribution < -0.4 is 14.8 Å². The number of anilines is 1. The quantitative estimate of drug-likeness (QED) is 0.101. The Morgan fingerprint density at radius 3 is 2.21 bits per heavy atom. The fraction of sp³-hybridized carbons (Fsp3) is 0.244. The number of amides is 1. The molecule has 1 aliphatic heterocycles. The van der Waals surface area contributed by atoms with Gasteiger partial charge < -0.3 is 24.6 Å². The predicted octanol–water partition coefficient (Wildman–Crippen LogP) is 7.36. The fourth-order valence-electron chi connectivity index (χ4n) is 5.91. The number of aryl methyl sites for hydroxylation is 1. The van der Waals surface area contributed by atoms with Gasteiger partial charge in [-0.1, -0.05) is 96.6 Å². The molecular weight excluding hydrogens is 697 g/mol. The molecule has 0 spiro atoms. The van der Waals surface area contributed by atoms with Crippen molar-refractivity contribution in [3.05, 3.63) is 155 Å². The van der Waals surface area contributed by atoms with Crippen LogP contribution in [0.3, 0.4) is 0 Å². The summed E-state index contributed by atoms with van der Waals surface area (Å²) in [6.45, 7) is 1.84. The van der Waals surface area contributed by atoms with E-state index in [1.165, 1.54) is 12.1 Å². The summed E-state index contributed by atoms with van der Waals surface area (Å²) in [6.07, 6.45) is -0.303. The molecule has 3 N–H and O–H groups in total. The van der Waals surface area contributed by atoms with Crippen LogP contribution in [0.15, 0.2) is 137 Å². The molecule has 1 fully saturated rings. The summed E-state index contributed by atoms with van der Waals surface area (Å²) < 4.78 is 47.8. The summed E-state index contributed by atoms with van der Waals surface area (Å²) >= 11 is 1.66. The van der Waals surface area contributed by atoms with Crippen LogP contribution in [0.5, 0.6) is 5.75 Å². The fourth-order valence-corrected chi connectivity index (χ4v) is 8.15. The Morgan fingerprint density at radius 1 is 0.846 bits per heavy atom. The Balaban J connectivity index is 1.18. The molecule has 4 atom stereocenters. The van der Waals surface area contributed by atoms with Gasteiger partial charge in [0.1, 0.15) is 11.8 Å². The van der Waals surface area contributed by atoms with Crippen molar-refractivity contribution in [2.75, 3.05) is 18.2 Å². The van der Waals surface area contributed by atoms with Crippen molar-refractivity contribution < 1.29 is 32.5 Å². The molecule has 11 heteroatoms. The summed E-state index contributed by atoms with van der Waals surface area (Å²) in [5, 5.41) is 12.4. The van der Waals surface area contributed by atoms with Crippen LogP contribution in [0.2, 0.25) is 0 Å². The van der Waals surface area contributed by atoms with Gasteiger partial charge in [-0.05, 0) is 66.4 Å². The first-order chi connectivity index (χ1) is 25.2. The van der Waals surface area contributed by atoms with Crippen LogP contribution in [-0.4, -0.2) is 44.4 Å². The molecule has 0 unspecified atom stereocenters. The summed E-state index contributed by atoms with van der Waals surface area (Å²) in [5.74, 6) is 0.983. The Labute approximate surface area is 309 Å². The van der Waals surface area contributed by atoms with Crippen molar-refractivity contribution in [1.82, 2.24) is 4.72 Å². The highest BCUT2D eigenvalue weighted by Crippen LogP contribution is 2.40. The van der Waals surface area contributed by atoms with Crippen molar-refractivity contribution in [3.63, 3.8) is 0 Å². The van der Waals surface area contributed by atoms with E-state index in [2.05, 4.69) is 10.0 Å². The van der Waals surface area contributed by atoms with Crippen molar-refractivity contribution in [2.24, 2.45) is 0 Å². The van der Waals surface area contributed by atoms with E-state index in [0.717, 1.165) is 38.5 Å². The van der Waals surface area contributed by atoms with Gasteiger partial charge in [0.25, 0.3) is 0 Å². The molecule has 5 aromatic rings. The van der Waals surface area contributed by atoms with Crippen molar-refractivity contribution in [3.8, 4) is 5.75 Å². The molecule has 0 saturated carbocycles. The molecule has 52 heavy (non-hydrogen) atoms. The third kappa shape index (κ3) is 9.68. The van der Waals surface area contributed by atoms with Crippen molar-refractivity contribution in [2.45, 2.75) is 60.7 Å². The number of carbonyl (C=O) groups excluding carboxylic acids is 1. The molecule has 1 aliphatic rings. The number of para-hydroxylation sites is 1. The van der Waals surface area contributed by atoms with Gasteiger partial charge in [-0.2, -0.15) is 4.72 Å². The zero-order valence-electron chi connectivity index (χ0n) is 29.0. The average Bonchev–Trinajstić information content (AvgIpc) is 3.17. The zero-order valence-corrected chi connectivity index (χ0v) is 30.6. The third-order valence-electron chi connectivity index (χ3n) is 8.79. The van der Waals surface area contributed by atoms with E-state index in [1.54, 1.807) is 43.1 Å². The Bertz CT molecular complexity index is 2030. The molecular formula is C41H42N2O7S2. The molecule has 5 aromatic carbocycles. The highest BCUT2D eigenvalue weighted by Gasteiger charge is 2.33. The topological polar surface area (TPSA) is 123 Å². The number of hydrogen-bond donors (Lipinski definition) is 3. The minimum absolute atomic E-state index is 0.0375. The van der Waals surface area contributed by atoms with Crippen LogP contribution >= 0.6 is 11.8 Å². The third-order valence-corrected chi connectivity index (χ3v) is 11.5. The number of rotatable bonds is 14. The van der Waals surface area contributed by atoms with E-state index in [-0.39, 0.29) is 30.1 Å². The molecule has 1 heterocycles. The minimum atomic E-state index is -3.98. The second kappa shape index (κ2) is 17.4. The Hall–Kier alpha value is -4.49. The molecule has 1 saturated heterocycles. The molecule has 6 rings (SSSR count). The molecule has 0 aliphatic carbocycles. The van der Waals surface area contributed by atoms with Gasteiger partial charge in [0.2, 0.25) is 15.9 Å². The second-order valence-electron chi connectivity index (χ2n) is 12.6. The first-order valence-corrected chi connectivity index (χ1v) is 19.5. The van der Waals surface area contributed by atoms with Gasteiger partial charge >= 0.3 is 0 Å². The number of methoxy groups -OCH3 is 1. The smallest absolute Gasteiger partial charge is 0.242 e. The predicted molar refractivity (Wildman–Crippen MR) is 203 cm³/mol. The van der Waals surface area contributed by atoms with E-state index in [9.17, 15) is 18.3 Å². The molecule has 1 amide bonds. The van der Waals surface area contributed by atoms with Crippen LogP contribution in [-0.2, 0) is 37.3 Å². The Kier molecular flexibility index (Phi) is 12.4. The monoisotopic (exact) mass is 738 g/mol. The second-order valence-corrected chi connectivity index (χ2v) is 15.4. The average molecular weight is 739 g/mol. The number of nitrogens with one attached hydrogen (secondary N) is 2. The molecule has 9 nitrogen and oxygen atoms in total. The lowest BCUT2D eigenvalue weighted by Crippen LogP contribution is -2.45. The number of ether oxygens (including phenoxy) is 3. The van der Waals surface area contributed by atoms with Gasteiger partial charge in [0.05, 0.1) is 30.8 Å². The summed E-state index contributed by atoms with van der Waals surface area (Å²) in [4.78, 5) is 14.8. The Morgan fingerprint density at radius 2 is 1.52 bits per heavy atom. The maximum absolute atomic E-state index is 13.7. The number of sulfonamides is 1. The van der Waals surface area contributed by atoms with Crippen LogP contribution in [0.1, 0.15) is 46.6 Å². The molecule has 0 aromatic heterocycles. The van der Waals surface area contributed by atoms with E-state index in [4.69, 9.17) is 14.2 Å². The van der Waals surface area contributed by atoms with Crippen LogP contribution in [0, 0.1) is 6.92 Å². The summed E-state index contributed by atoms with van der Waals surface area (Å²) in [6, 6.07) is 37.5. The standard InChI is InChI=1S/C41H42N2O7S2/c1-28-12-22-35(23-13-28)52(46,47)43-36(24-29-8-4-3-5-9-29)40(45)42-33-20-18-32(19-21-33)41-49-34(27-51-39-11-7-6-10-37(39)48-2)25-38(50-41)31-16-14-30(26-44)15-17-31/h3-23,34,36,38,41,43-44H,24-27H2,1-2H3,(H,42,45)/t34-,36-,38+,41+/m1/s1. The van der Waals surface area contributed by atoms with E-state index >= 15 is 0 Å². The van der Waals surface area contributed by atoms with Crippen LogP contribution in [0.25, 0.3) is 0 Å². The van der Waals surface area contributed by atoms with Gasteiger partial charge in [-0.3, -0.25) is 4.79 Å². The highest BCUT2D eigenvalue weighted by atomic mass is 32.2. The number of carbonyl (C=O) groups is 1. The maximum atomic E-state index is 13.7. The summed E-state index contributed by atoms with van der Waals surface area (Å²) in [5.41, 5.74) is 4.82. The van der Waals surface area contributed by atoms with E-state index < -0.39 is 28.3 Å². The van der Waals surface area contributed by atoms with Gasteiger partial charge in [0.15, 0.2) is 6.29 Å². The largest absolute Gasteiger partial charge is 0.496 e. The normalized spacial score (nSPS) is 18.0. The maximum Gasteiger partial charge on any atom is 0.242 e. The lowest BCUT2D eigenvalue weighted by Gasteiger charge is -2.36. The summed E-state index contributed by atoms with van der Waals surface area (Å²) in [7, 11) is -2.33. The van der Waals surface area contributed by atoms with Crippen molar-refractivity contribution in [1.29, 1.82) is 0 Å². The number of aliphatic hydroxyl groups is 1. The highest BCUT2D eigenvalue weighted by molar-refractivity contribution is 7.99. The van der Waals surface area contributed by atoms with E-state index in [1.807, 2.05) is 97.9 Å². The number of thioether (sulfide) groups is 1. The molecule has 0 bridgehead atoms. The molecule has 0 radical (unpaired) electrons. The SMILES string of the molecule is COc1ccccc1SC[C@H]1C[C@@H](c2ccc(CO)cc2)O[C@@H](c2ccc(NC(=O)[C@@H](Cc3ccccc3)NS(=O)(=O)c3ccc(C)cc3)cc2)O1. The zero-order chi connectivity index (χ0) is 36.5. The minimum Gasteiger partial charge on any atom is -0.496 e. The van der Waals surface area contributed by atoms with Gasteiger partial charge in [0, 0.05) is 28.3 Å². The number of hydrogen-bond acceptors (Lipinski definition) is 8. The van der Waals surface area contributed by atoms with E-state index in [0.29, 0.717) is 17.9 Å². The van der Waals surface area contributed by atoms with Crippen LogP contribution in [0.4, 0.5) is 5.69 Å². The lowest BCUT2D eigenvalue weighted by molar-refractivity contribution is -0.245. The van der Waals surface area contributed by atoms with Crippen molar-refractivity contribution >= 4 is 33.4 Å². The number of benzene rings is 5. The van der Waals surface area contributed by atoms with Gasteiger partial charge in [-0.15, -0.1) is 11.8 Å². The van der Waals surface area contributed by atoms with Gasteiger partial charge in [-0.25, -0.2) is 8.42 Å². The first-order valence-electron chi connectivity index (χ1n) is 17.0. The lowest BCUT2D eigenvalue weighted by atomic mass is 10.0.